The van der Waals surface area contributed by atoms with Crippen LogP contribution in [0.3, 0.4) is 0 Å². The highest BCUT2D eigenvalue weighted by molar-refractivity contribution is 5.81. The summed E-state index contributed by atoms with van der Waals surface area (Å²) in [7, 11) is 0. The number of amides is 2. The first-order valence-corrected chi connectivity index (χ1v) is 10.6. The Labute approximate surface area is 175 Å². The minimum atomic E-state index is -0.334. The average molecular weight is 414 g/mol. The molecule has 0 aliphatic carbocycles. The maximum Gasteiger partial charge on any atom is 0.227 e. The molecule has 1 aromatic carbocycles. The second kappa shape index (κ2) is 9.43. The Morgan fingerprint density at radius 1 is 1.03 bits per heavy atom. The predicted molar refractivity (Wildman–Crippen MR) is 109 cm³/mol. The third-order valence-electron chi connectivity index (χ3n) is 5.83. The van der Waals surface area contributed by atoms with Gasteiger partial charge in [0.2, 0.25) is 11.8 Å². The summed E-state index contributed by atoms with van der Waals surface area (Å²) in [6, 6.07) is 9.98. The van der Waals surface area contributed by atoms with Crippen LogP contribution in [0.5, 0.6) is 0 Å². The average Bonchev–Trinajstić information content (AvgIpc) is 3.27. The van der Waals surface area contributed by atoms with Crippen molar-refractivity contribution in [2.75, 3.05) is 39.4 Å². The van der Waals surface area contributed by atoms with Gasteiger partial charge in [-0.25, -0.2) is 4.39 Å². The second-order valence-electron chi connectivity index (χ2n) is 7.86. The van der Waals surface area contributed by atoms with E-state index in [0.717, 1.165) is 12.8 Å². The first-order valence-electron chi connectivity index (χ1n) is 10.6. The lowest BCUT2D eigenvalue weighted by Crippen LogP contribution is -2.49. The molecule has 160 valence electrons. The van der Waals surface area contributed by atoms with E-state index in [4.69, 9.17) is 9.15 Å². The highest BCUT2D eigenvalue weighted by Gasteiger charge is 2.31. The molecule has 1 unspecified atom stereocenters. The molecule has 2 aromatic rings. The summed E-state index contributed by atoms with van der Waals surface area (Å²) in [6.45, 7) is 3.59. The normalized spacial score (nSPS) is 19.7. The molecule has 2 aliphatic heterocycles. The third kappa shape index (κ3) is 4.73. The Balaban J connectivity index is 1.31. The number of rotatable bonds is 5. The van der Waals surface area contributed by atoms with Gasteiger partial charge in [0, 0.05) is 39.0 Å². The van der Waals surface area contributed by atoms with E-state index in [1.54, 1.807) is 35.2 Å². The molecule has 4 rings (SSSR count). The Morgan fingerprint density at radius 3 is 2.63 bits per heavy atom. The van der Waals surface area contributed by atoms with Gasteiger partial charge in [-0.05, 0) is 37.1 Å². The fraction of sp³-hybridized carbons (Fsp3) is 0.478. The van der Waals surface area contributed by atoms with E-state index in [-0.39, 0.29) is 23.5 Å². The van der Waals surface area contributed by atoms with Crippen molar-refractivity contribution in [2.24, 2.45) is 5.92 Å². The van der Waals surface area contributed by atoms with E-state index in [9.17, 15) is 14.0 Å². The van der Waals surface area contributed by atoms with Gasteiger partial charge in [-0.3, -0.25) is 9.59 Å². The minimum absolute atomic E-state index is 0.0262. The number of halogens is 1. The Hall–Kier alpha value is -2.67. The molecule has 1 aromatic heterocycles. The van der Waals surface area contributed by atoms with Gasteiger partial charge in [-0.1, -0.05) is 12.1 Å². The van der Waals surface area contributed by atoms with Gasteiger partial charge in [0.15, 0.2) is 0 Å². The topological polar surface area (TPSA) is 63.0 Å². The Morgan fingerprint density at radius 2 is 1.83 bits per heavy atom. The number of hydrogen-bond donors (Lipinski definition) is 0. The number of piperidine rings is 1. The van der Waals surface area contributed by atoms with E-state index in [1.165, 1.54) is 6.07 Å². The van der Waals surface area contributed by atoms with Crippen molar-refractivity contribution < 1.29 is 23.1 Å². The van der Waals surface area contributed by atoms with Crippen LogP contribution in [0.2, 0.25) is 0 Å². The van der Waals surface area contributed by atoms with Crippen LogP contribution in [0.4, 0.5) is 4.39 Å². The number of carbonyl (C=O) groups is 2. The zero-order valence-corrected chi connectivity index (χ0v) is 17.0. The number of carbonyl (C=O) groups excluding carboxylic acids is 2. The number of benzene rings is 1. The molecule has 2 saturated heterocycles. The molecule has 3 heterocycles. The summed E-state index contributed by atoms with van der Waals surface area (Å²) in [5.41, 5.74) is 0.413. The second-order valence-corrected chi connectivity index (χ2v) is 7.86. The van der Waals surface area contributed by atoms with Crippen molar-refractivity contribution >= 4 is 11.8 Å². The first-order chi connectivity index (χ1) is 14.6. The molecule has 0 N–H and O–H groups in total. The number of morpholine rings is 1. The zero-order valence-electron chi connectivity index (χ0n) is 17.0. The molecule has 0 saturated carbocycles. The minimum Gasteiger partial charge on any atom is -0.461 e. The number of nitrogens with zero attached hydrogens (tertiary/aromatic N) is 2. The molecule has 7 heteroatoms. The lowest BCUT2D eigenvalue weighted by Gasteiger charge is -2.36. The lowest BCUT2D eigenvalue weighted by atomic mass is 9.96. The van der Waals surface area contributed by atoms with Crippen molar-refractivity contribution in [1.82, 2.24) is 9.80 Å². The largest absolute Gasteiger partial charge is 0.461 e. The van der Waals surface area contributed by atoms with Crippen LogP contribution in [0.25, 0.3) is 11.3 Å². The van der Waals surface area contributed by atoms with Crippen molar-refractivity contribution in [3.05, 3.63) is 48.0 Å². The number of aryl methyl sites for hydroxylation is 1. The SMILES string of the molecule is O=C(CCc1ccc(-c2ccccc2F)o1)N1CCCC(C(=O)N2CCOCC2)C1. The zero-order chi connectivity index (χ0) is 20.9. The maximum absolute atomic E-state index is 13.9. The van der Waals surface area contributed by atoms with Crippen molar-refractivity contribution in [2.45, 2.75) is 25.7 Å². The van der Waals surface area contributed by atoms with Crippen LogP contribution in [0.15, 0.2) is 40.8 Å². The van der Waals surface area contributed by atoms with Crippen LogP contribution >= 0.6 is 0 Å². The highest BCUT2D eigenvalue weighted by Crippen LogP contribution is 2.26. The summed E-state index contributed by atoms with van der Waals surface area (Å²) in [5, 5.41) is 0. The molecule has 2 amide bonds. The molecule has 0 spiro atoms. The summed E-state index contributed by atoms with van der Waals surface area (Å²) < 4.78 is 25.0. The number of furan rings is 1. The molecule has 30 heavy (non-hydrogen) atoms. The highest BCUT2D eigenvalue weighted by atomic mass is 19.1. The molecule has 2 aliphatic rings. The van der Waals surface area contributed by atoms with Crippen molar-refractivity contribution in [1.29, 1.82) is 0 Å². The quantitative estimate of drug-likeness (QED) is 0.754. The summed E-state index contributed by atoms with van der Waals surface area (Å²) in [6.07, 6.45) is 2.42. The molecule has 2 fully saturated rings. The van der Waals surface area contributed by atoms with Gasteiger partial charge in [0.05, 0.1) is 24.7 Å². The van der Waals surface area contributed by atoms with Gasteiger partial charge in [-0.15, -0.1) is 0 Å². The smallest absolute Gasteiger partial charge is 0.227 e. The van der Waals surface area contributed by atoms with Gasteiger partial charge in [0.25, 0.3) is 0 Å². The fourth-order valence-electron chi connectivity index (χ4n) is 4.15. The van der Waals surface area contributed by atoms with Gasteiger partial charge >= 0.3 is 0 Å². The standard InChI is InChI=1S/C23H27FN2O4/c24-20-6-2-1-5-19(20)21-9-7-18(30-21)8-10-22(27)26-11-3-4-17(16-26)23(28)25-12-14-29-15-13-25/h1-2,5-7,9,17H,3-4,8,10-16H2. The molecular weight excluding hydrogens is 387 g/mol. The van der Waals surface area contributed by atoms with E-state index in [1.807, 2.05) is 4.90 Å². The number of likely N-dealkylation sites (tertiary alicyclic amines) is 1. The van der Waals surface area contributed by atoms with Crippen molar-refractivity contribution in [3.8, 4) is 11.3 Å². The van der Waals surface area contributed by atoms with Gasteiger partial charge < -0.3 is 19.0 Å². The van der Waals surface area contributed by atoms with E-state index < -0.39 is 0 Å². The predicted octanol–water partition coefficient (Wildman–Crippen LogP) is 3.12. The van der Waals surface area contributed by atoms with E-state index in [0.29, 0.717) is 69.3 Å². The molecule has 0 bridgehead atoms. The van der Waals surface area contributed by atoms with Crippen LogP contribution in [0.1, 0.15) is 25.0 Å². The van der Waals surface area contributed by atoms with Gasteiger partial charge in [-0.2, -0.15) is 0 Å². The monoisotopic (exact) mass is 414 g/mol. The van der Waals surface area contributed by atoms with Gasteiger partial charge in [0.1, 0.15) is 17.3 Å². The van der Waals surface area contributed by atoms with Crippen LogP contribution in [-0.2, 0) is 20.7 Å². The summed E-state index contributed by atoms with van der Waals surface area (Å²) in [5.74, 6) is 0.815. The Kier molecular flexibility index (Phi) is 6.47. The summed E-state index contributed by atoms with van der Waals surface area (Å²) >= 11 is 0. The molecule has 1 atom stereocenters. The summed E-state index contributed by atoms with van der Waals surface area (Å²) in [4.78, 5) is 29.1. The maximum atomic E-state index is 13.9. The fourth-order valence-corrected chi connectivity index (χ4v) is 4.15. The van der Waals surface area contributed by atoms with Crippen molar-refractivity contribution in [3.63, 3.8) is 0 Å². The lowest BCUT2D eigenvalue weighted by molar-refractivity contribution is -0.144. The molecule has 0 radical (unpaired) electrons. The number of hydrogen-bond acceptors (Lipinski definition) is 4. The van der Waals surface area contributed by atoms with E-state index >= 15 is 0 Å². The Bertz CT molecular complexity index is 891. The first kappa shape index (κ1) is 20.6. The van der Waals surface area contributed by atoms with E-state index in [2.05, 4.69) is 0 Å². The van der Waals surface area contributed by atoms with Crippen LogP contribution < -0.4 is 0 Å². The third-order valence-corrected chi connectivity index (χ3v) is 5.83. The van der Waals surface area contributed by atoms with Crippen LogP contribution in [-0.4, -0.2) is 61.0 Å². The molecular formula is C23H27FN2O4. The number of ether oxygens (including phenoxy) is 1. The van der Waals surface area contributed by atoms with Crippen LogP contribution in [0, 0.1) is 11.7 Å². The molecule has 6 nitrogen and oxygen atoms in total.